The first-order valence-corrected chi connectivity index (χ1v) is 4.02. The summed E-state index contributed by atoms with van der Waals surface area (Å²) in [5, 5.41) is 3.14. The number of nitrogens with one attached hydrogen (secondary N) is 1. The number of rotatable bonds is 2. The van der Waals surface area contributed by atoms with Crippen molar-refractivity contribution in [3.05, 3.63) is 12.0 Å². The second-order valence-corrected chi connectivity index (χ2v) is 2.56. The molecule has 1 N–H and O–H groups in total. The molecule has 1 aromatic rings. The van der Waals surface area contributed by atoms with Gasteiger partial charge < -0.3 is 5.32 Å². The minimum absolute atomic E-state index is 0.830. The molecule has 12 heavy (non-hydrogen) atoms. The molecule has 1 aliphatic heterocycles. The minimum Gasteiger partial charge on any atom is -0.368 e. The van der Waals surface area contributed by atoms with Gasteiger partial charge in [0.25, 0.3) is 0 Å². The average Bonchev–Trinajstić information content (AvgIpc) is 2.53. The molecular weight excluding hydrogens is 152 g/mol. The molecule has 0 spiro atoms. The summed E-state index contributed by atoms with van der Waals surface area (Å²) >= 11 is 0. The maximum atomic E-state index is 4.21. The highest BCUT2D eigenvalue weighted by Crippen LogP contribution is 2.28. The van der Waals surface area contributed by atoms with Crippen LogP contribution in [0, 0.1) is 0 Å². The van der Waals surface area contributed by atoms with E-state index in [2.05, 4.69) is 20.3 Å². The third-order valence-corrected chi connectivity index (χ3v) is 1.75. The van der Waals surface area contributed by atoms with Crippen LogP contribution in [-0.4, -0.2) is 22.7 Å². The van der Waals surface area contributed by atoms with Gasteiger partial charge in [-0.3, -0.25) is 4.99 Å². The van der Waals surface area contributed by atoms with E-state index in [0.29, 0.717) is 0 Å². The van der Waals surface area contributed by atoms with Crippen molar-refractivity contribution in [2.24, 2.45) is 4.99 Å². The Labute approximate surface area is 70.8 Å². The van der Waals surface area contributed by atoms with Gasteiger partial charge in [-0.15, -0.1) is 0 Å². The summed E-state index contributed by atoms with van der Waals surface area (Å²) in [7, 11) is 0. The standard InChI is InChI=1S/C8H10N4/c1-2-9-8-7-6(3-4-10-7)11-5-12-8/h4-5H,2-3H2,1H3,(H,9,11,12). The fourth-order valence-electron chi connectivity index (χ4n) is 1.22. The minimum atomic E-state index is 0.830. The molecule has 2 heterocycles. The third kappa shape index (κ3) is 1.05. The van der Waals surface area contributed by atoms with E-state index in [1.807, 2.05) is 13.1 Å². The van der Waals surface area contributed by atoms with E-state index in [1.54, 1.807) is 6.33 Å². The molecule has 1 aliphatic rings. The van der Waals surface area contributed by atoms with Crippen molar-refractivity contribution in [1.29, 1.82) is 0 Å². The van der Waals surface area contributed by atoms with Crippen LogP contribution < -0.4 is 5.32 Å². The SMILES string of the molecule is CCNc1ncnc2c1N=CC2. The molecule has 0 saturated heterocycles. The molecule has 0 atom stereocenters. The Hall–Kier alpha value is -1.45. The summed E-state index contributed by atoms with van der Waals surface area (Å²) < 4.78 is 0. The molecule has 0 saturated carbocycles. The molecule has 0 fully saturated rings. The number of aliphatic imine (C=N–C) groups is 1. The van der Waals surface area contributed by atoms with Crippen molar-refractivity contribution in [3.63, 3.8) is 0 Å². The second-order valence-electron chi connectivity index (χ2n) is 2.56. The zero-order valence-corrected chi connectivity index (χ0v) is 6.91. The van der Waals surface area contributed by atoms with Crippen molar-refractivity contribution in [1.82, 2.24) is 9.97 Å². The lowest BCUT2D eigenvalue weighted by atomic mass is 10.3. The summed E-state index contributed by atoms with van der Waals surface area (Å²) in [5.41, 5.74) is 1.92. The number of fused-ring (bicyclic) bond motifs is 1. The molecule has 0 unspecified atom stereocenters. The molecule has 0 aliphatic carbocycles. The van der Waals surface area contributed by atoms with Gasteiger partial charge in [0, 0.05) is 19.2 Å². The zero-order valence-electron chi connectivity index (χ0n) is 6.91. The average molecular weight is 162 g/mol. The van der Waals surface area contributed by atoms with Gasteiger partial charge in [0.2, 0.25) is 0 Å². The summed E-state index contributed by atoms with van der Waals surface area (Å²) in [6, 6.07) is 0. The number of hydrogen-bond donors (Lipinski definition) is 1. The van der Waals surface area contributed by atoms with Crippen LogP contribution in [0.25, 0.3) is 0 Å². The van der Waals surface area contributed by atoms with Crippen molar-refractivity contribution in [2.75, 3.05) is 11.9 Å². The quantitative estimate of drug-likeness (QED) is 0.710. The number of nitrogens with zero attached hydrogens (tertiary/aromatic N) is 3. The van der Waals surface area contributed by atoms with Gasteiger partial charge in [0.1, 0.15) is 12.0 Å². The highest BCUT2D eigenvalue weighted by atomic mass is 15.1. The van der Waals surface area contributed by atoms with E-state index in [-0.39, 0.29) is 0 Å². The molecule has 62 valence electrons. The Morgan fingerprint density at radius 1 is 1.50 bits per heavy atom. The van der Waals surface area contributed by atoms with Crippen molar-refractivity contribution < 1.29 is 0 Å². The van der Waals surface area contributed by atoms with E-state index < -0.39 is 0 Å². The van der Waals surface area contributed by atoms with Gasteiger partial charge in [0.15, 0.2) is 5.82 Å². The maximum Gasteiger partial charge on any atom is 0.155 e. The van der Waals surface area contributed by atoms with E-state index in [9.17, 15) is 0 Å². The molecule has 2 rings (SSSR count). The summed E-state index contributed by atoms with van der Waals surface area (Å²) in [6.45, 7) is 2.89. The van der Waals surface area contributed by atoms with Crippen molar-refractivity contribution in [3.8, 4) is 0 Å². The van der Waals surface area contributed by atoms with Crippen molar-refractivity contribution >= 4 is 17.7 Å². The van der Waals surface area contributed by atoms with Gasteiger partial charge in [-0.25, -0.2) is 9.97 Å². The first-order chi connectivity index (χ1) is 5.92. The highest BCUT2D eigenvalue weighted by molar-refractivity contribution is 5.80. The fraction of sp³-hybridized carbons (Fsp3) is 0.375. The van der Waals surface area contributed by atoms with E-state index >= 15 is 0 Å². The Morgan fingerprint density at radius 2 is 2.42 bits per heavy atom. The predicted molar refractivity (Wildman–Crippen MR) is 48.1 cm³/mol. The van der Waals surface area contributed by atoms with Gasteiger partial charge in [-0.05, 0) is 6.92 Å². The lowest BCUT2D eigenvalue weighted by Gasteiger charge is -2.04. The molecule has 4 nitrogen and oxygen atoms in total. The molecule has 0 bridgehead atoms. The lowest BCUT2D eigenvalue weighted by Crippen LogP contribution is -2.00. The molecular formula is C8H10N4. The second kappa shape index (κ2) is 2.89. The molecule has 4 heteroatoms. The molecule has 0 radical (unpaired) electrons. The zero-order chi connectivity index (χ0) is 8.39. The van der Waals surface area contributed by atoms with Crippen LogP contribution in [0.15, 0.2) is 11.3 Å². The van der Waals surface area contributed by atoms with E-state index in [1.165, 1.54) is 0 Å². The van der Waals surface area contributed by atoms with Crippen LogP contribution in [0.3, 0.4) is 0 Å². The van der Waals surface area contributed by atoms with Gasteiger partial charge in [0.05, 0.1) is 5.69 Å². The van der Waals surface area contributed by atoms with Crippen LogP contribution in [0.5, 0.6) is 0 Å². The van der Waals surface area contributed by atoms with Crippen molar-refractivity contribution in [2.45, 2.75) is 13.3 Å². The summed E-state index contributed by atoms with van der Waals surface area (Å²) in [5.74, 6) is 0.844. The number of aromatic nitrogens is 2. The van der Waals surface area contributed by atoms with E-state index in [0.717, 1.165) is 30.2 Å². The maximum absolute atomic E-state index is 4.21. The van der Waals surface area contributed by atoms with Gasteiger partial charge >= 0.3 is 0 Å². The Bertz CT molecular complexity index is 319. The van der Waals surface area contributed by atoms with Crippen LogP contribution in [0.4, 0.5) is 11.5 Å². The summed E-state index contributed by atoms with van der Waals surface area (Å²) in [6.07, 6.45) is 4.27. The van der Waals surface area contributed by atoms with Crippen LogP contribution >= 0.6 is 0 Å². The van der Waals surface area contributed by atoms with Gasteiger partial charge in [-0.1, -0.05) is 0 Å². The monoisotopic (exact) mass is 162 g/mol. The van der Waals surface area contributed by atoms with Crippen LogP contribution in [-0.2, 0) is 6.42 Å². The Morgan fingerprint density at radius 3 is 3.25 bits per heavy atom. The first-order valence-electron chi connectivity index (χ1n) is 4.02. The summed E-state index contributed by atoms with van der Waals surface area (Å²) in [4.78, 5) is 12.4. The first kappa shape index (κ1) is 7.21. The molecule has 1 aromatic heterocycles. The number of hydrogen-bond acceptors (Lipinski definition) is 4. The van der Waals surface area contributed by atoms with Crippen LogP contribution in [0.2, 0.25) is 0 Å². The number of anilines is 1. The van der Waals surface area contributed by atoms with Gasteiger partial charge in [-0.2, -0.15) is 0 Å². The van der Waals surface area contributed by atoms with E-state index in [4.69, 9.17) is 0 Å². The molecule has 0 aromatic carbocycles. The highest BCUT2D eigenvalue weighted by Gasteiger charge is 2.12. The largest absolute Gasteiger partial charge is 0.368 e. The smallest absolute Gasteiger partial charge is 0.155 e. The predicted octanol–water partition coefficient (Wildman–Crippen LogP) is 1.17. The lowest BCUT2D eigenvalue weighted by molar-refractivity contribution is 1.07. The Kier molecular flexibility index (Phi) is 1.74. The molecule has 0 amide bonds. The third-order valence-electron chi connectivity index (χ3n) is 1.75. The fourth-order valence-corrected chi connectivity index (χ4v) is 1.22. The normalized spacial score (nSPS) is 13.1. The topological polar surface area (TPSA) is 50.2 Å². The van der Waals surface area contributed by atoms with Crippen LogP contribution in [0.1, 0.15) is 12.6 Å². The Balaban J connectivity index is 2.41.